The van der Waals surface area contributed by atoms with Crippen LogP contribution in [0.1, 0.15) is 11.1 Å². The molecule has 0 saturated heterocycles. The van der Waals surface area contributed by atoms with Crippen LogP contribution in [0.25, 0.3) is 10.8 Å². The number of nitrogens with one attached hydrogen (secondary N) is 1. The van der Waals surface area contributed by atoms with Crippen LogP contribution in [0.5, 0.6) is 5.75 Å². The third-order valence-corrected chi connectivity index (χ3v) is 5.35. The fraction of sp³-hybridized carbons (Fsp3) is 0.182. The normalized spacial score (nSPS) is 10.6. The van der Waals surface area contributed by atoms with Crippen LogP contribution >= 0.6 is 27.5 Å². The average Bonchev–Trinajstić information content (AvgIpc) is 2.69. The van der Waals surface area contributed by atoms with Crippen molar-refractivity contribution in [2.45, 2.75) is 13.8 Å². The Morgan fingerprint density at radius 2 is 1.83 bits per heavy atom. The Labute approximate surface area is 182 Å². The molecule has 0 bridgehead atoms. The quantitative estimate of drug-likeness (QED) is 0.482. The van der Waals surface area contributed by atoms with Crippen LogP contribution in [0.2, 0.25) is 5.02 Å². The van der Waals surface area contributed by atoms with E-state index in [1.165, 1.54) is 0 Å². The molecule has 0 aliphatic heterocycles. The standard InChI is InChI=1S/C22H19BrClNO4/c1-13-9-14(2)22(17(24)10-13)25-19(26)11-29-20(27)12-28-18-8-7-15-5-3-4-6-16(15)21(18)23/h3-10H,11-12H2,1-2H3,(H,25,26). The van der Waals surface area contributed by atoms with Crippen molar-refractivity contribution < 1.29 is 19.1 Å². The number of carbonyl (C=O) groups excluding carboxylic acids is 2. The van der Waals surface area contributed by atoms with Crippen molar-refractivity contribution in [1.29, 1.82) is 0 Å². The molecular weight excluding hydrogens is 458 g/mol. The highest BCUT2D eigenvalue weighted by molar-refractivity contribution is 9.10. The fourth-order valence-electron chi connectivity index (χ4n) is 2.90. The predicted molar refractivity (Wildman–Crippen MR) is 118 cm³/mol. The van der Waals surface area contributed by atoms with E-state index in [0.29, 0.717) is 16.5 Å². The highest BCUT2D eigenvalue weighted by Gasteiger charge is 2.13. The number of benzene rings is 3. The van der Waals surface area contributed by atoms with Gasteiger partial charge in [-0.2, -0.15) is 0 Å². The lowest BCUT2D eigenvalue weighted by Crippen LogP contribution is -2.24. The van der Waals surface area contributed by atoms with Crippen molar-refractivity contribution in [3.63, 3.8) is 0 Å². The Morgan fingerprint density at radius 3 is 2.59 bits per heavy atom. The molecule has 150 valence electrons. The molecule has 0 radical (unpaired) electrons. The van der Waals surface area contributed by atoms with Gasteiger partial charge in [-0.05, 0) is 63.8 Å². The highest BCUT2D eigenvalue weighted by atomic mass is 79.9. The Kier molecular flexibility index (Phi) is 6.77. The fourth-order valence-corrected chi connectivity index (χ4v) is 3.88. The third kappa shape index (κ3) is 5.28. The van der Waals surface area contributed by atoms with Crippen LogP contribution in [0.15, 0.2) is 53.0 Å². The van der Waals surface area contributed by atoms with Gasteiger partial charge in [-0.15, -0.1) is 0 Å². The van der Waals surface area contributed by atoms with Gasteiger partial charge < -0.3 is 14.8 Å². The van der Waals surface area contributed by atoms with E-state index in [1.54, 1.807) is 12.1 Å². The van der Waals surface area contributed by atoms with Crippen molar-refractivity contribution in [3.05, 3.63) is 69.2 Å². The molecule has 0 fully saturated rings. The first-order valence-corrected chi connectivity index (χ1v) is 10.0. The van der Waals surface area contributed by atoms with Crippen LogP contribution in [-0.2, 0) is 14.3 Å². The molecule has 0 aliphatic carbocycles. The first kappa shape index (κ1) is 21.1. The molecule has 0 aliphatic rings. The van der Waals surface area contributed by atoms with E-state index in [4.69, 9.17) is 21.1 Å². The molecule has 5 nitrogen and oxygen atoms in total. The van der Waals surface area contributed by atoms with Gasteiger partial charge in [0.1, 0.15) is 5.75 Å². The SMILES string of the molecule is Cc1cc(C)c(NC(=O)COC(=O)COc2ccc3ccccc3c2Br)c(Cl)c1. The number of hydrogen-bond donors (Lipinski definition) is 1. The van der Waals surface area contributed by atoms with E-state index < -0.39 is 18.5 Å². The van der Waals surface area contributed by atoms with Gasteiger partial charge in [-0.25, -0.2) is 4.79 Å². The number of rotatable bonds is 6. The number of fused-ring (bicyclic) bond motifs is 1. The molecule has 3 aromatic rings. The third-order valence-electron chi connectivity index (χ3n) is 4.23. The second-order valence-corrected chi connectivity index (χ2v) is 7.74. The molecule has 3 rings (SSSR count). The van der Waals surface area contributed by atoms with Crippen LogP contribution in [0, 0.1) is 13.8 Å². The van der Waals surface area contributed by atoms with E-state index in [-0.39, 0.29) is 6.61 Å². The Bertz CT molecular complexity index is 1060. The van der Waals surface area contributed by atoms with E-state index >= 15 is 0 Å². The monoisotopic (exact) mass is 475 g/mol. The second kappa shape index (κ2) is 9.29. The van der Waals surface area contributed by atoms with Crippen molar-refractivity contribution >= 4 is 55.9 Å². The second-order valence-electron chi connectivity index (χ2n) is 6.53. The number of anilines is 1. The van der Waals surface area contributed by atoms with Crippen LogP contribution in [-0.4, -0.2) is 25.1 Å². The van der Waals surface area contributed by atoms with Gasteiger partial charge in [0.25, 0.3) is 5.91 Å². The molecule has 0 aromatic heterocycles. The minimum atomic E-state index is -0.646. The largest absolute Gasteiger partial charge is 0.481 e. The first-order chi connectivity index (χ1) is 13.8. The summed E-state index contributed by atoms with van der Waals surface area (Å²) in [6.07, 6.45) is 0. The number of aryl methyl sites for hydroxylation is 2. The van der Waals surface area contributed by atoms with Gasteiger partial charge in [-0.3, -0.25) is 4.79 Å². The molecule has 7 heteroatoms. The number of carbonyl (C=O) groups is 2. The summed E-state index contributed by atoms with van der Waals surface area (Å²) < 4.78 is 11.3. The lowest BCUT2D eigenvalue weighted by molar-refractivity contribution is -0.149. The maximum Gasteiger partial charge on any atom is 0.344 e. The summed E-state index contributed by atoms with van der Waals surface area (Å²) in [6, 6.07) is 15.1. The Morgan fingerprint density at radius 1 is 1.07 bits per heavy atom. The number of amides is 1. The van der Waals surface area contributed by atoms with Gasteiger partial charge in [-0.1, -0.05) is 48.0 Å². The maximum atomic E-state index is 12.1. The number of ether oxygens (including phenoxy) is 2. The first-order valence-electron chi connectivity index (χ1n) is 8.87. The van der Waals surface area contributed by atoms with Gasteiger partial charge in [0.05, 0.1) is 15.2 Å². The zero-order valence-corrected chi connectivity index (χ0v) is 18.3. The molecule has 0 unspecified atom stereocenters. The Hall–Kier alpha value is -2.57. The molecule has 29 heavy (non-hydrogen) atoms. The molecule has 0 spiro atoms. The summed E-state index contributed by atoms with van der Waals surface area (Å²) in [5.74, 6) is -0.599. The summed E-state index contributed by atoms with van der Waals surface area (Å²) >= 11 is 9.66. The molecule has 1 amide bonds. The summed E-state index contributed by atoms with van der Waals surface area (Å²) in [6.45, 7) is 3.02. The van der Waals surface area contributed by atoms with Crippen LogP contribution < -0.4 is 10.1 Å². The van der Waals surface area contributed by atoms with Gasteiger partial charge in [0, 0.05) is 0 Å². The van der Waals surface area contributed by atoms with E-state index in [2.05, 4.69) is 21.2 Å². The van der Waals surface area contributed by atoms with Gasteiger partial charge >= 0.3 is 5.97 Å². The molecular formula is C22H19BrClNO4. The van der Waals surface area contributed by atoms with Crippen molar-refractivity contribution in [2.75, 3.05) is 18.5 Å². The summed E-state index contributed by atoms with van der Waals surface area (Å²) in [4.78, 5) is 24.0. The molecule has 1 N–H and O–H groups in total. The smallest absolute Gasteiger partial charge is 0.344 e. The summed E-state index contributed by atoms with van der Waals surface area (Å²) in [5, 5.41) is 5.13. The van der Waals surface area contributed by atoms with Crippen molar-refractivity contribution in [2.24, 2.45) is 0 Å². The molecule has 0 heterocycles. The molecule has 0 atom stereocenters. The number of halogens is 2. The van der Waals surface area contributed by atoms with Crippen LogP contribution in [0.3, 0.4) is 0 Å². The highest BCUT2D eigenvalue weighted by Crippen LogP contribution is 2.33. The van der Waals surface area contributed by atoms with Gasteiger partial charge in [0.15, 0.2) is 13.2 Å². The summed E-state index contributed by atoms with van der Waals surface area (Å²) in [5.41, 5.74) is 2.34. The number of hydrogen-bond acceptors (Lipinski definition) is 4. The zero-order chi connectivity index (χ0) is 21.0. The minimum Gasteiger partial charge on any atom is -0.481 e. The van der Waals surface area contributed by atoms with Crippen molar-refractivity contribution in [1.82, 2.24) is 0 Å². The van der Waals surface area contributed by atoms with Crippen LogP contribution in [0.4, 0.5) is 5.69 Å². The molecule has 0 saturated carbocycles. The van der Waals surface area contributed by atoms with E-state index in [1.807, 2.05) is 50.2 Å². The Balaban J connectivity index is 1.53. The molecule has 3 aromatic carbocycles. The minimum absolute atomic E-state index is 0.311. The topological polar surface area (TPSA) is 64.6 Å². The lowest BCUT2D eigenvalue weighted by atomic mass is 10.1. The van der Waals surface area contributed by atoms with E-state index in [0.717, 1.165) is 26.4 Å². The van der Waals surface area contributed by atoms with E-state index in [9.17, 15) is 9.59 Å². The predicted octanol–water partition coefficient (Wildman–Crippen LogP) is 5.43. The lowest BCUT2D eigenvalue weighted by Gasteiger charge is -2.12. The maximum absolute atomic E-state index is 12.1. The summed E-state index contributed by atoms with van der Waals surface area (Å²) in [7, 11) is 0. The zero-order valence-electron chi connectivity index (χ0n) is 15.9. The average molecular weight is 477 g/mol. The van der Waals surface area contributed by atoms with Gasteiger partial charge in [0.2, 0.25) is 0 Å². The number of esters is 1. The van der Waals surface area contributed by atoms with Crippen molar-refractivity contribution in [3.8, 4) is 5.75 Å².